The summed E-state index contributed by atoms with van der Waals surface area (Å²) in [4.78, 5) is 11.6. The first-order valence-electron chi connectivity index (χ1n) is 7.14. The van der Waals surface area contributed by atoms with Gasteiger partial charge in [-0.2, -0.15) is 0 Å². The van der Waals surface area contributed by atoms with Gasteiger partial charge in [0.1, 0.15) is 18.1 Å². The second-order valence-corrected chi connectivity index (χ2v) is 4.88. The zero-order chi connectivity index (χ0) is 16.8. The third-order valence-corrected chi connectivity index (χ3v) is 3.40. The first-order valence-corrected chi connectivity index (χ1v) is 7.14. The highest BCUT2D eigenvalue weighted by molar-refractivity contribution is 5.91. The van der Waals surface area contributed by atoms with Crippen molar-refractivity contribution >= 4 is 11.7 Å². The van der Waals surface area contributed by atoms with E-state index in [9.17, 15) is 9.90 Å². The summed E-state index contributed by atoms with van der Waals surface area (Å²) in [5.41, 5.74) is 4.10. The summed E-state index contributed by atoms with van der Waals surface area (Å²) in [6.45, 7) is 2.20. The van der Waals surface area contributed by atoms with Crippen LogP contribution in [0.4, 0.5) is 10.5 Å². The Labute approximate surface area is 134 Å². The Morgan fingerprint density at radius 3 is 2.70 bits per heavy atom. The lowest BCUT2D eigenvalue weighted by Gasteiger charge is -2.20. The normalized spacial score (nSPS) is 10.2. The zero-order valence-corrected chi connectivity index (χ0v) is 12.8. The number of urea groups is 1. The molecule has 122 valence electrons. The van der Waals surface area contributed by atoms with Gasteiger partial charge in [-0.25, -0.2) is 21.5 Å². The quantitative estimate of drug-likeness (QED) is 0.381. The van der Waals surface area contributed by atoms with E-state index in [1.807, 2.05) is 24.5 Å². The summed E-state index contributed by atoms with van der Waals surface area (Å²) < 4.78 is 5.82. The number of carbonyl (C=O) groups is 1. The van der Waals surface area contributed by atoms with Gasteiger partial charge in [0.05, 0.1) is 5.69 Å². The summed E-state index contributed by atoms with van der Waals surface area (Å²) in [7, 11) is 0. The molecule has 0 aliphatic carbocycles. The van der Waals surface area contributed by atoms with Crippen LogP contribution in [0.3, 0.4) is 0 Å². The molecule has 23 heavy (non-hydrogen) atoms. The molecule has 0 unspecified atom stereocenters. The van der Waals surface area contributed by atoms with E-state index in [-0.39, 0.29) is 12.4 Å². The number of carbonyl (C=O) groups excluding carboxylic acids is 1. The standard InChI is InChI=1S/C16H20N4O3/c1-2-11-9-13(21)7-8-15(11)23-10-12-5-3-4-6-14(12)20(18)16(22)19-17/h3-9,21H,2,10,17-18H2,1H3,(H,19,22). The molecule has 0 aromatic heterocycles. The number of ether oxygens (including phenoxy) is 1. The predicted molar refractivity (Wildman–Crippen MR) is 87.6 cm³/mol. The highest BCUT2D eigenvalue weighted by Gasteiger charge is 2.14. The van der Waals surface area contributed by atoms with E-state index in [4.69, 9.17) is 16.4 Å². The van der Waals surface area contributed by atoms with E-state index >= 15 is 0 Å². The van der Waals surface area contributed by atoms with Gasteiger partial charge in [0.25, 0.3) is 0 Å². The lowest BCUT2D eigenvalue weighted by molar-refractivity contribution is 0.246. The molecule has 2 aromatic carbocycles. The molecule has 0 spiro atoms. The molecule has 0 fully saturated rings. The fraction of sp³-hybridized carbons (Fsp3) is 0.188. The molecule has 0 bridgehead atoms. The van der Waals surface area contributed by atoms with E-state index in [1.54, 1.807) is 30.3 Å². The Hall–Kier alpha value is -2.77. The molecular weight excluding hydrogens is 296 g/mol. The minimum Gasteiger partial charge on any atom is -0.508 e. The lowest BCUT2D eigenvalue weighted by Crippen LogP contribution is -2.48. The maximum atomic E-state index is 11.6. The number of nitrogens with zero attached hydrogens (tertiary/aromatic N) is 1. The second kappa shape index (κ2) is 7.48. The van der Waals surface area contributed by atoms with Crippen LogP contribution >= 0.6 is 0 Å². The fourth-order valence-corrected chi connectivity index (χ4v) is 2.19. The number of hydrogen-bond donors (Lipinski definition) is 4. The largest absolute Gasteiger partial charge is 0.508 e. The topological polar surface area (TPSA) is 114 Å². The highest BCUT2D eigenvalue weighted by atomic mass is 16.5. The number of nitrogens with one attached hydrogen (secondary N) is 1. The molecule has 0 aliphatic rings. The van der Waals surface area contributed by atoms with E-state index in [1.165, 1.54) is 0 Å². The maximum Gasteiger partial charge on any atom is 0.350 e. The Kier molecular flexibility index (Phi) is 5.40. The molecule has 6 N–H and O–H groups in total. The van der Waals surface area contributed by atoms with Crippen molar-refractivity contribution in [2.75, 3.05) is 5.01 Å². The fourth-order valence-electron chi connectivity index (χ4n) is 2.19. The van der Waals surface area contributed by atoms with Crippen molar-refractivity contribution in [3.8, 4) is 11.5 Å². The van der Waals surface area contributed by atoms with Gasteiger partial charge in [-0.1, -0.05) is 25.1 Å². The van der Waals surface area contributed by atoms with Crippen molar-refractivity contribution in [3.63, 3.8) is 0 Å². The minimum atomic E-state index is -0.628. The summed E-state index contributed by atoms with van der Waals surface area (Å²) in [5, 5.41) is 10.5. The molecule has 0 saturated carbocycles. The number of aryl methyl sites for hydroxylation is 1. The van der Waals surface area contributed by atoms with Crippen LogP contribution in [-0.4, -0.2) is 11.1 Å². The van der Waals surface area contributed by atoms with E-state index < -0.39 is 6.03 Å². The summed E-state index contributed by atoms with van der Waals surface area (Å²) >= 11 is 0. The molecule has 0 heterocycles. The van der Waals surface area contributed by atoms with Crippen molar-refractivity contribution in [2.45, 2.75) is 20.0 Å². The van der Waals surface area contributed by atoms with Crippen LogP contribution < -0.4 is 26.9 Å². The monoisotopic (exact) mass is 316 g/mol. The van der Waals surface area contributed by atoms with Crippen LogP contribution in [-0.2, 0) is 13.0 Å². The van der Waals surface area contributed by atoms with E-state index in [2.05, 4.69) is 0 Å². The molecule has 7 nitrogen and oxygen atoms in total. The smallest absolute Gasteiger partial charge is 0.350 e. The van der Waals surface area contributed by atoms with Gasteiger partial charge in [0.15, 0.2) is 0 Å². The van der Waals surface area contributed by atoms with Crippen LogP contribution in [0.25, 0.3) is 0 Å². The Morgan fingerprint density at radius 2 is 2.00 bits per heavy atom. The SMILES string of the molecule is CCc1cc(O)ccc1OCc1ccccc1N(N)C(=O)NN. The first-order chi connectivity index (χ1) is 11.1. The van der Waals surface area contributed by atoms with Gasteiger partial charge in [0.2, 0.25) is 0 Å². The van der Waals surface area contributed by atoms with Crippen LogP contribution in [0.2, 0.25) is 0 Å². The number of hydrogen-bond acceptors (Lipinski definition) is 5. The number of aromatic hydroxyl groups is 1. The molecule has 7 heteroatoms. The molecular formula is C16H20N4O3. The number of para-hydroxylation sites is 1. The third-order valence-electron chi connectivity index (χ3n) is 3.40. The van der Waals surface area contributed by atoms with Gasteiger partial charge in [-0.05, 0) is 36.2 Å². The van der Waals surface area contributed by atoms with Gasteiger partial charge in [0, 0.05) is 5.56 Å². The minimum absolute atomic E-state index is 0.197. The number of nitrogens with two attached hydrogens (primary N) is 2. The average molecular weight is 316 g/mol. The number of phenolic OH excluding ortho intramolecular Hbond substituents is 1. The van der Waals surface area contributed by atoms with Crippen molar-refractivity contribution in [2.24, 2.45) is 11.7 Å². The number of phenols is 1. The number of hydrazine groups is 2. The number of rotatable bonds is 5. The number of amides is 2. The van der Waals surface area contributed by atoms with Crippen molar-refractivity contribution in [1.82, 2.24) is 5.43 Å². The number of anilines is 1. The van der Waals surface area contributed by atoms with Crippen molar-refractivity contribution in [3.05, 3.63) is 53.6 Å². The lowest BCUT2D eigenvalue weighted by atomic mass is 10.1. The molecule has 0 atom stereocenters. The van der Waals surface area contributed by atoms with Crippen LogP contribution in [0, 0.1) is 0 Å². The van der Waals surface area contributed by atoms with Gasteiger partial charge >= 0.3 is 6.03 Å². The Bertz CT molecular complexity index is 691. The van der Waals surface area contributed by atoms with Gasteiger partial charge in [-0.3, -0.25) is 5.43 Å². The van der Waals surface area contributed by atoms with Crippen molar-refractivity contribution < 1.29 is 14.6 Å². The summed E-state index contributed by atoms with van der Waals surface area (Å²) in [6, 6.07) is 11.4. The zero-order valence-electron chi connectivity index (χ0n) is 12.8. The molecule has 2 amide bonds. The predicted octanol–water partition coefficient (Wildman–Crippen LogP) is 1.80. The molecule has 2 aromatic rings. The molecule has 0 saturated heterocycles. The van der Waals surface area contributed by atoms with Crippen LogP contribution in [0.15, 0.2) is 42.5 Å². The number of benzene rings is 2. The third kappa shape index (κ3) is 3.91. The summed E-state index contributed by atoms with van der Waals surface area (Å²) in [6.07, 6.45) is 0.726. The first kappa shape index (κ1) is 16.6. The van der Waals surface area contributed by atoms with Crippen LogP contribution in [0.1, 0.15) is 18.1 Å². The molecule has 0 aliphatic heterocycles. The highest BCUT2D eigenvalue weighted by Crippen LogP contribution is 2.26. The van der Waals surface area contributed by atoms with Crippen LogP contribution in [0.5, 0.6) is 11.5 Å². The second-order valence-electron chi connectivity index (χ2n) is 4.88. The maximum absolute atomic E-state index is 11.6. The summed E-state index contributed by atoms with van der Waals surface area (Å²) in [5.74, 6) is 11.7. The van der Waals surface area contributed by atoms with Gasteiger partial charge in [-0.15, -0.1) is 0 Å². The average Bonchev–Trinajstić information content (AvgIpc) is 2.59. The molecule has 0 radical (unpaired) electrons. The molecule has 2 rings (SSSR count). The Morgan fingerprint density at radius 1 is 1.26 bits per heavy atom. The van der Waals surface area contributed by atoms with Gasteiger partial charge < -0.3 is 9.84 Å². The van der Waals surface area contributed by atoms with E-state index in [0.717, 1.165) is 22.6 Å². The van der Waals surface area contributed by atoms with Crippen molar-refractivity contribution in [1.29, 1.82) is 0 Å². The Balaban J connectivity index is 2.20. The van der Waals surface area contributed by atoms with E-state index in [0.29, 0.717) is 11.4 Å².